The molecule has 3 heteroatoms. The van der Waals surface area contributed by atoms with E-state index in [4.69, 9.17) is 5.73 Å². The zero-order chi connectivity index (χ0) is 12.3. The summed E-state index contributed by atoms with van der Waals surface area (Å²) in [6.07, 6.45) is 0. The molecular formula is C13H20N2O. The van der Waals surface area contributed by atoms with Crippen LogP contribution in [0.25, 0.3) is 0 Å². The van der Waals surface area contributed by atoms with Gasteiger partial charge in [-0.15, -0.1) is 0 Å². The van der Waals surface area contributed by atoms with Gasteiger partial charge in [0.25, 0.3) is 0 Å². The van der Waals surface area contributed by atoms with E-state index in [0.29, 0.717) is 17.6 Å². The molecule has 0 aliphatic carbocycles. The van der Waals surface area contributed by atoms with E-state index in [1.54, 1.807) is 12.1 Å². The highest BCUT2D eigenvalue weighted by Gasteiger charge is 2.14. The predicted octanol–water partition coefficient (Wildman–Crippen LogP) is 2.41. The van der Waals surface area contributed by atoms with E-state index in [1.165, 1.54) is 0 Å². The quantitative estimate of drug-likeness (QED) is 0.847. The molecule has 0 fully saturated rings. The summed E-state index contributed by atoms with van der Waals surface area (Å²) in [5, 5.41) is 0. The lowest BCUT2D eigenvalue weighted by molar-refractivity contribution is 0.100. The highest BCUT2D eigenvalue weighted by Crippen LogP contribution is 2.20. The van der Waals surface area contributed by atoms with Gasteiger partial charge >= 0.3 is 0 Å². The predicted molar refractivity (Wildman–Crippen MR) is 67.7 cm³/mol. The van der Waals surface area contributed by atoms with Crippen LogP contribution in [0.2, 0.25) is 0 Å². The molecule has 0 radical (unpaired) electrons. The lowest BCUT2D eigenvalue weighted by Crippen LogP contribution is -2.36. The molecule has 0 aliphatic rings. The fourth-order valence-electron chi connectivity index (χ4n) is 1.99. The Hall–Kier alpha value is -1.51. The lowest BCUT2D eigenvalue weighted by atomic mass is 10.1. The van der Waals surface area contributed by atoms with Crippen LogP contribution in [0.3, 0.4) is 0 Å². The number of nitrogens with zero attached hydrogens (tertiary/aromatic N) is 1. The first kappa shape index (κ1) is 12.6. The smallest absolute Gasteiger partial charge is 0.248 e. The third-order valence-electron chi connectivity index (χ3n) is 2.56. The van der Waals surface area contributed by atoms with Crippen LogP contribution in [0.4, 0.5) is 5.69 Å². The van der Waals surface area contributed by atoms with Gasteiger partial charge in [-0.3, -0.25) is 4.79 Å². The molecule has 0 spiro atoms. The van der Waals surface area contributed by atoms with Gasteiger partial charge in [0.1, 0.15) is 0 Å². The summed E-state index contributed by atoms with van der Waals surface area (Å²) in [6, 6.07) is 8.30. The number of rotatable bonds is 4. The van der Waals surface area contributed by atoms with Crippen LogP contribution < -0.4 is 10.6 Å². The van der Waals surface area contributed by atoms with Crippen molar-refractivity contribution in [2.24, 2.45) is 5.73 Å². The number of primary amides is 1. The largest absolute Gasteiger partial charge is 0.367 e. The fourth-order valence-corrected chi connectivity index (χ4v) is 1.99. The third kappa shape index (κ3) is 2.75. The zero-order valence-electron chi connectivity index (χ0n) is 10.4. The number of nitrogens with two attached hydrogens (primary N) is 1. The first-order valence-electron chi connectivity index (χ1n) is 5.61. The summed E-state index contributed by atoms with van der Waals surface area (Å²) in [6.45, 7) is 8.62. The Balaban J connectivity index is 2.99. The van der Waals surface area contributed by atoms with Gasteiger partial charge in [0.05, 0.1) is 0 Å². The molecule has 1 rings (SSSR count). The minimum atomic E-state index is -0.382. The average molecular weight is 220 g/mol. The number of benzene rings is 1. The van der Waals surface area contributed by atoms with Crippen molar-refractivity contribution in [3.63, 3.8) is 0 Å². The maximum absolute atomic E-state index is 11.0. The van der Waals surface area contributed by atoms with Crippen LogP contribution in [0.5, 0.6) is 0 Å². The van der Waals surface area contributed by atoms with Gasteiger partial charge in [0.15, 0.2) is 0 Å². The first-order valence-corrected chi connectivity index (χ1v) is 5.61. The minimum absolute atomic E-state index is 0.382. The summed E-state index contributed by atoms with van der Waals surface area (Å²) >= 11 is 0. The summed E-state index contributed by atoms with van der Waals surface area (Å²) < 4.78 is 0. The second-order valence-electron chi connectivity index (χ2n) is 4.51. The molecule has 1 aromatic rings. The van der Waals surface area contributed by atoms with Gasteiger partial charge in [0, 0.05) is 23.3 Å². The van der Waals surface area contributed by atoms with Gasteiger partial charge in [-0.25, -0.2) is 0 Å². The Morgan fingerprint density at radius 3 is 1.81 bits per heavy atom. The van der Waals surface area contributed by atoms with Gasteiger partial charge in [-0.2, -0.15) is 0 Å². The molecular weight excluding hydrogens is 200 g/mol. The molecule has 88 valence electrons. The number of amides is 1. The Morgan fingerprint density at radius 2 is 1.50 bits per heavy atom. The highest BCUT2D eigenvalue weighted by atomic mass is 16.1. The Labute approximate surface area is 97.2 Å². The second kappa shape index (κ2) is 5.01. The van der Waals surface area contributed by atoms with Gasteiger partial charge < -0.3 is 10.6 Å². The molecule has 0 saturated heterocycles. The van der Waals surface area contributed by atoms with Crippen LogP contribution in [-0.4, -0.2) is 18.0 Å². The first-order chi connectivity index (χ1) is 7.43. The Morgan fingerprint density at radius 1 is 1.06 bits per heavy atom. The van der Waals surface area contributed by atoms with Crippen molar-refractivity contribution < 1.29 is 4.79 Å². The number of carbonyl (C=O) groups is 1. The van der Waals surface area contributed by atoms with Crippen LogP contribution in [-0.2, 0) is 0 Å². The van der Waals surface area contributed by atoms with E-state index < -0.39 is 0 Å². The van der Waals surface area contributed by atoms with E-state index in [2.05, 4.69) is 32.6 Å². The Bertz CT molecular complexity index is 347. The number of carbonyl (C=O) groups excluding carboxylic acids is 1. The monoisotopic (exact) mass is 220 g/mol. The van der Waals surface area contributed by atoms with E-state index in [9.17, 15) is 4.79 Å². The van der Waals surface area contributed by atoms with Crippen LogP contribution in [0, 0.1) is 0 Å². The lowest BCUT2D eigenvalue weighted by Gasteiger charge is -2.33. The molecule has 0 bridgehead atoms. The van der Waals surface area contributed by atoms with Crippen molar-refractivity contribution in [1.82, 2.24) is 0 Å². The molecule has 0 aromatic heterocycles. The maximum Gasteiger partial charge on any atom is 0.248 e. The van der Waals surface area contributed by atoms with E-state index in [1.807, 2.05) is 12.1 Å². The highest BCUT2D eigenvalue weighted by molar-refractivity contribution is 5.93. The van der Waals surface area contributed by atoms with E-state index in [0.717, 1.165) is 5.69 Å². The third-order valence-corrected chi connectivity index (χ3v) is 2.56. The molecule has 0 aliphatic heterocycles. The van der Waals surface area contributed by atoms with E-state index in [-0.39, 0.29) is 5.91 Å². The van der Waals surface area contributed by atoms with Crippen molar-refractivity contribution >= 4 is 11.6 Å². The molecule has 0 saturated carbocycles. The van der Waals surface area contributed by atoms with Gasteiger partial charge in [-0.1, -0.05) is 0 Å². The minimum Gasteiger partial charge on any atom is -0.367 e. The second-order valence-corrected chi connectivity index (χ2v) is 4.51. The van der Waals surface area contributed by atoms with Crippen molar-refractivity contribution in [2.45, 2.75) is 39.8 Å². The maximum atomic E-state index is 11.0. The van der Waals surface area contributed by atoms with Crippen molar-refractivity contribution in [3.8, 4) is 0 Å². The molecule has 16 heavy (non-hydrogen) atoms. The normalized spacial score (nSPS) is 10.9. The summed E-state index contributed by atoms with van der Waals surface area (Å²) in [5.41, 5.74) is 6.88. The van der Waals surface area contributed by atoms with Crippen molar-refractivity contribution in [3.05, 3.63) is 29.8 Å². The SMILES string of the molecule is CC(C)N(c1ccc(C(N)=O)cc1)C(C)C. The van der Waals surface area contributed by atoms with E-state index >= 15 is 0 Å². The van der Waals surface area contributed by atoms with Gasteiger partial charge in [0.2, 0.25) is 5.91 Å². The summed E-state index contributed by atoms with van der Waals surface area (Å²) in [5.74, 6) is -0.382. The molecule has 3 nitrogen and oxygen atoms in total. The molecule has 1 amide bonds. The van der Waals surface area contributed by atoms with Gasteiger partial charge in [-0.05, 0) is 52.0 Å². The standard InChI is InChI=1S/C13H20N2O/c1-9(2)15(10(3)4)12-7-5-11(6-8-12)13(14)16/h5-10H,1-4H3,(H2,14,16). The van der Waals surface area contributed by atoms with Crippen LogP contribution >= 0.6 is 0 Å². The van der Waals surface area contributed by atoms with Crippen LogP contribution in [0.15, 0.2) is 24.3 Å². The summed E-state index contributed by atoms with van der Waals surface area (Å²) in [7, 11) is 0. The van der Waals surface area contributed by atoms with Crippen molar-refractivity contribution in [1.29, 1.82) is 0 Å². The molecule has 0 atom stereocenters. The average Bonchev–Trinajstić information content (AvgIpc) is 2.17. The Kier molecular flexibility index (Phi) is 3.93. The molecule has 1 aromatic carbocycles. The summed E-state index contributed by atoms with van der Waals surface area (Å²) in [4.78, 5) is 13.3. The van der Waals surface area contributed by atoms with Crippen LogP contribution in [0.1, 0.15) is 38.1 Å². The number of hydrogen-bond donors (Lipinski definition) is 1. The molecule has 0 heterocycles. The zero-order valence-corrected chi connectivity index (χ0v) is 10.4. The number of anilines is 1. The molecule has 2 N–H and O–H groups in total. The molecule has 0 unspecified atom stereocenters. The fraction of sp³-hybridized carbons (Fsp3) is 0.462. The van der Waals surface area contributed by atoms with Crippen molar-refractivity contribution in [2.75, 3.05) is 4.90 Å². The number of hydrogen-bond acceptors (Lipinski definition) is 2. The topological polar surface area (TPSA) is 46.3 Å².